The summed E-state index contributed by atoms with van der Waals surface area (Å²) in [7, 11) is 0. The summed E-state index contributed by atoms with van der Waals surface area (Å²) in [5, 5.41) is 13.4. The third-order valence-electron chi connectivity index (χ3n) is 5.13. The van der Waals surface area contributed by atoms with Crippen molar-refractivity contribution < 1.29 is 18.8 Å². The van der Waals surface area contributed by atoms with Gasteiger partial charge in [0.25, 0.3) is 5.69 Å². The van der Waals surface area contributed by atoms with Crippen LogP contribution in [0.3, 0.4) is 0 Å². The van der Waals surface area contributed by atoms with E-state index in [1.807, 2.05) is 0 Å². The number of anilines is 1. The molecule has 2 fully saturated rings. The molecule has 0 unspecified atom stereocenters. The molecule has 2 aromatic rings. The van der Waals surface area contributed by atoms with Crippen LogP contribution in [0.5, 0.6) is 11.5 Å². The van der Waals surface area contributed by atoms with Crippen LogP contribution in [0.4, 0.5) is 20.7 Å². The second kappa shape index (κ2) is 8.00. The number of halogens is 1. The Morgan fingerprint density at radius 2 is 2.00 bits per heavy atom. The second-order valence-electron chi connectivity index (χ2n) is 7.08. The lowest BCUT2D eigenvalue weighted by atomic mass is 10.1. The minimum absolute atomic E-state index is 0.157. The van der Waals surface area contributed by atoms with Gasteiger partial charge in [-0.1, -0.05) is 0 Å². The largest absolute Gasteiger partial charge is 0.454 e. The number of rotatable bonds is 5. The van der Waals surface area contributed by atoms with Crippen LogP contribution < -0.4 is 10.1 Å². The number of nitro groups is 1. The van der Waals surface area contributed by atoms with Crippen molar-refractivity contribution >= 4 is 17.5 Å². The van der Waals surface area contributed by atoms with Crippen LogP contribution in [0, 0.1) is 15.9 Å². The minimum Gasteiger partial charge on any atom is -0.454 e. The van der Waals surface area contributed by atoms with Gasteiger partial charge in [-0.25, -0.2) is 14.2 Å². The average Bonchev–Trinajstić information content (AvgIpc) is 3.16. The van der Waals surface area contributed by atoms with Crippen molar-refractivity contribution in [2.75, 3.05) is 31.5 Å². The number of carbonyl (C=O) groups is 1. The normalized spacial score (nSPS) is 17.1. The minimum atomic E-state index is -0.852. The maximum Gasteiger partial charge on any atom is 0.323 e. The highest BCUT2D eigenvalue weighted by atomic mass is 19.1. The van der Waals surface area contributed by atoms with E-state index in [0.29, 0.717) is 19.1 Å². The van der Waals surface area contributed by atoms with Crippen molar-refractivity contribution in [2.45, 2.75) is 18.9 Å². The van der Waals surface area contributed by atoms with Crippen molar-refractivity contribution in [1.82, 2.24) is 14.8 Å². The first-order valence-electron chi connectivity index (χ1n) is 9.37. The molecule has 2 amide bonds. The van der Waals surface area contributed by atoms with Crippen LogP contribution in [0.1, 0.15) is 12.8 Å². The summed E-state index contributed by atoms with van der Waals surface area (Å²) < 4.78 is 19.4. The molecule has 0 spiro atoms. The van der Waals surface area contributed by atoms with Crippen LogP contribution in [0.25, 0.3) is 0 Å². The molecule has 0 aliphatic carbocycles. The van der Waals surface area contributed by atoms with Gasteiger partial charge in [-0.15, -0.1) is 0 Å². The van der Waals surface area contributed by atoms with E-state index in [-0.39, 0.29) is 29.0 Å². The molecule has 3 heterocycles. The number of nitrogens with zero attached hydrogens (tertiary/aromatic N) is 4. The fourth-order valence-electron chi connectivity index (χ4n) is 3.50. The SMILES string of the molecule is O=C(Nc1cc(Oc2ccc([N+](=O)[O-])cc2F)ccn1)N1CC(N2CCCC2)C1. The predicted octanol–water partition coefficient (Wildman–Crippen LogP) is 3.23. The summed E-state index contributed by atoms with van der Waals surface area (Å²) in [6.07, 6.45) is 3.86. The second-order valence-corrected chi connectivity index (χ2v) is 7.08. The highest BCUT2D eigenvalue weighted by molar-refractivity contribution is 5.89. The van der Waals surface area contributed by atoms with Crippen LogP contribution >= 0.6 is 0 Å². The molecule has 4 rings (SSSR count). The molecule has 0 atom stereocenters. The van der Waals surface area contributed by atoms with Crippen molar-refractivity contribution in [3.63, 3.8) is 0 Å². The number of non-ortho nitro benzene ring substituents is 1. The van der Waals surface area contributed by atoms with E-state index < -0.39 is 10.7 Å². The van der Waals surface area contributed by atoms with Crippen molar-refractivity contribution in [1.29, 1.82) is 0 Å². The molecule has 10 heteroatoms. The Morgan fingerprint density at radius 3 is 2.69 bits per heavy atom. The van der Waals surface area contributed by atoms with Gasteiger partial charge in [-0.2, -0.15) is 0 Å². The molecule has 0 saturated carbocycles. The molecular formula is C19H20FN5O4. The molecule has 9 nitrogen and oxygen atoms in total. The van der Waals surface area contributed by atoms with Gasteiger partial charge in [0.05, 0.1) is 11.0 Å². The number of aromatic nitrogens is 1. The highest BCUT2D eigenvalue weighted by Crippen LogP contribution is 2.28. The van der Waals surface area contributed by atoms with Gasteiger partial charge < -0.3 is 9.64 Å². The van der Waals surface area contributed by atoms with Crippen molar-refractivity contribution in [3.8, 4) is 11.5 Å². The van der Waals surface area contributed by atoms with Gasteiger partial charge in [0, 0.05) is 37.5 Å². The number of nitrogens with one attached hydrogen (secondary N) is 1. The lowest BCUT2D eigenvalue weighted by Crippen LogP contribution is -2.61. The van der Waals surface area contributed by atoms with Gasteiger partial charge in [-0.05, 0) is 38.1 Å². The zero-order chi connectivity index (χ0) is 20.4. The fourth-order valence-corrected chi connectivity index (χ4v) is 3.50. The average molecular weight is 401 g/mol. The maximum absolute atomic E-state index is 14.0. The van der Waals surface area contributed by atoms with Crippen LogP contribution in [-0.2, 0) is 0 Å². The molecule has 29 heavy (non-hydrogen) atoms. The number of ether oxygens (including phenoxy) is 1. The quantitative estimate of drug-likeness (QED) is 0.610. The molecule has 1 aromatic carbocycles. The lowest BCUT2D eigenvalue weighted by molar-refractivity contribution is -0.385. The number of carbonyl (C=O) groups excluding carboxylic acids is 1. The van der Waals surface area contributed by atoms with Gasteiger partial charge in [-0.3, -0.25) is 20.3 Å². The number of likely N-dealkylation sites (tertiary alicyclic amines) is 2. The van der Waals surface area contributed by atoms with E-state index in [0.717, 1.165) is 25.2 Å². The monoisotopic (exact) mass is 401 g/mol. The van der Waals surface area contributed by atoms with Crippen molar-refractivity contribution in [2.24, 2.45) is 0 Å². The van der Waals surface area contributed by atoms with E-state index in [1.165, 1.54) is 37.2 Å². The Labute approximate surface area is 166 Å². The number of pyridine rings is 1. The molecule has 0 radical (unpaired) electrons. The van der Waals surface area contributed by atoms with E-state index in [4.69, 9.17) is 4.74 Å². The van der Waals surface area contributed by atoms with Crippen molar-refractivity contribution in [3.05, 3.63) is 52.5 Å². The van der Waals surface area contributed by atoms with Gasteiger partial charge >= 0.3 is 6.03 Å². The topological polar surface area (TPSA) is 101 Å². The molecule has 2 aliphatic heterocycles. The van der Waals surface area contributed by atoms with Crippen LogP contribution in [0.15, 0.2) is 36.5 Å². The van der Waals surface area contributed by atoms with E-state index in [1.54, 1.807) is 4.90 Å². The number of nitro benzene ring substituents is 1. The highest BCUT2D eigenvalue weighted by Gasteiger charge is 2.35. The smallest absolute Gasteiger partial charge is 0.323 e. The summed E-state index contributed by atoms with van der Waals surface area (Å²) in [6.45, 7) is 3.58. The zero-order valence-electron chi connectivity index (χ0n) is 15.6. The number of hydrogen-bond donors (Lipinski definition) is 1. The molecule has 2 aliphatic rings. The van der Waals surface area contributed by atoms with Crippen LogP contribution in [-0.4, -0.2) is 58.0 Å². The Kier molecular flexibility index (Phi) is 5.26. The van der Waals surface area contributed by atoms with E-state index in [2.05, 4.69) is 15.2 Å². The number of urea groups is 1. The van der Waals surface area contributed by atoms with Gasteiger partial charge in [0.1, 0.15) is 11.6 Å². The summed E-state index contributed by atoms with van der Waals surface area (Å²) in [4.78, 5) is 30.6. The Morgan fingerprint density at radius 1 is 1.24 bits per heavy atom. The van der Waals surface area contributed by atoms with Gasteiger partial charge in [0.2, 0.25) is 0 Å². The molecule has 2 saturated heterocycles. The first-order valence-corrected chi connectivity index (χ1v) is 9.37. The third-order valence-corrected chi connectivity index (χ3v) is 5.13. The third kappa shape index (κ3) is 4.27. The lowest BCUT2D eigenvalue weighted by Gasteiger charge is -2.43. The number of hydrogen-bond acceptors (Lipinski definition) is 6. The number of benzene rings is 1. The summed E-state index contributed by atoms with van der Waals surface area (Å²) in [5.74, 6) is -0.480. The molecule has 152 valence electrons. The Balaban J connectivity index is 1.35. The first kappa shape index (κ1) is 19.1. The molecule has 1 N–H and O–H groups in total. The summed E-state index contributed by atoms with van der Waals surface area (Å²) in [5.41, 5.74) is -0.362. The number of amides is 2. The van der Waals surface area contributed by atoms with Gasteiger partial charge in [0.15, 0.2) is 11.6 Å². The zero-order valence-corrected chi connectivity index (χ0v) is 15.6. The first-order chi connectivity index (χ1) is 14.0. The van der Waals surface area contributed by atoms with Crippen LogP contribution in [0.2, 0.25) is 0 Å². The standard InChI is InChI=1S/C19H20FN5O4/c20-16-9-13(25(27)28)3-4-17(16)29-15-5-6-21-18(10-15)22-19(26)24-11-14(12-24)23-7-1-2-8-23/h3-6,9-10,14H,1-2,7-8,11-12H2,(H,21,22,26). The molecule has 0 bridgehead atoms. The summed E-state index contributed by atoms with van der Waals surface area (Å²) >= 11 is 0. The summed E-state index contributed by atoms with van der Waals surface area (Å²) in [6, 6.07) is 6.29. The Bertz CT molecular complexity index is 929. The van der Waals surface area contributed by atoms with E-state index in [9.17, 15) is 19.3 Å². The molecule has 1 aromatic heterocycles. The van der Waals surface area contributed by atoms with E-state index >= 15 is 0 Å². The maximum atomic E-state index is 14.0. The Hall–Kier alpha value is -3.27. The molecular weight excluding hydrogens is 381 g/mol. The predicted molar refractivity (Wildman–Crippen MR) is 103 cm³/mol. The fraction of sp³-hybridized carbons (Fsp3) is 0.368.